The lowest BCUT2D eigenvalue weighted by Gasteiger charge is -2.47. The molecular weight excluding hydrogens is 530 g/mol. The highest BCUT2D eigenvalue weighted by molar-refractivity contribution is 6.31. The second kappa shape index (κ2) is 10.8. The number of rotatable bonds is 5. The summed E-state index contributed by atoms with van der Waals surface area (Å²) in [6.45, 7) is 0.760. The summed E-state index contributed by atoms with van der Waals surface area (Å²) in [5.41, 5.74) is 4.75. The summed E-state index contributed by atoms with van der Waals surface area (Å²) in [5, 5.41) is 2.78. The Kier molecular flexibility index (Phi) is 7.86. The van der Waals surface area contributed by atoms with E-state index < -0.39 is 35.6 Å². The molecule has 2 aliphatic rings. The highest BCUT2D eigenvalue weighted by Gasteiger charge is 2.44. The topological polar surface area (TPSA) is 108 Å². The number of nitrogens with one attached hydrogen (secondary N) is 1. The predicted octanol–water partition coefficient (Wildman–Crippen LogP) is 3.26. The molecule has 3 atom stereocenters. The van der Waals surface area contributed by atoms with Gasteiger partial charge < -0.3 is 25.8 Å². The number of hydrogen-bond acceptors (Lipinski definition) is 7. The highest BCUT2D eigenvalue weighted by atomic mass is 35.5. The lowest BCUT2D eigenvalue weighted by atomic mass is 9.87. The number of likely N-dealkylation sites (tertiary alicyclic amines) is 1. The molecular formula is C24H28ClF4N7O2. The molecule has 206 valence electrons. The maximum Gasteiger partial charge on any atom is 0.416 e. The molecule has 0 radical (unpaired) electrons. The SMILES string of the molecule is CN(C)C(=O)[C@@H]1CCN(c2ncnc(N)c2F)C[C@H]1N1CCCC(Nc2cc(Cl)cc(C(F)(F)F)c2)C1=O. The average molecular weight is 558 g/mol. The Labute approximate surface area is 221 Å². The average Bonchev–Trinajstić information content (AvgIpc) is 2.85. The number of amides is 2. The van der Waals surface area contributed by atoms with E-state index in [1.165, 1.54) is 11.0 Å². The number of carbonyl (C=O) groups is 2. The third-order valence-corrected chi connectivity index (χ3v) is 7.10. The number of halogens is 5. The minimum atomic E-state index is -4.60. The van der Waals surface area contributed by atoms with Gasteiger partial charge in [-0.2, -0.15) is 17.6 Å². The van der Waals surface area contributed by atoms with E-state index in [0.29, 0.717) is 32.4 Å². The van der Waals surface area contributed by atoms with E-state index >= 15 is 0 Å². The molecule has 1 aromatic heterocycles. The molecule has 0 saturated carbocycles. The Balaban J connectivity index is 1.61. The zero-order valence-corrected chi connectivity index (χ0v) is 21.6. The second-order valence-corrected chi connectivity index (χ2v) is 10.1. The van der Waals surface area contributed by atoms with Crippen LogP contribution in [0, 0.1) is 11.7 Å². The van der Waals surface area contributed by atoms with Crippen LogP contribution in [0.5, 0.6) is 0 Å². The van der Waals surface area contributed by atoms with Gasteiger partial charge in [0.1, 0.15) is 12.4 Å². The van der Waals surface area contributed by atoms with E-state index in [-0.39, 0.29) is 40.7 Å². The van der Waals surface area contributed by atoms with Crippen LogP contribution in [0.15, 0.2) is 24.5 Å². The van der Waals surface area contributed by atoms with Crippen LogP contribution in [-0.4, -0.2) is 77.4 Å². The molecule has 3 heterocycles. The van der Waals surface area contributed by atoms with Gasteiger partial charge in [-0.3, -0.25) is 9.59 Å². The van der Waals surface area contributed by atoms with Crippen molar-refractivity contribution in [3.8, 4) is 0 Å². The number of nitrogens with two attached hydrogens (primary N) is 1. The van der Waals surface area contributed by atoms with Gasteiger partial charge in [-0.15, -0.1) is 0 Å². The Morgan fingerprint density at radius 3 is 2.61 bits per heavy atom. The molecule has 2 amide bonds. The van der Waals surface area contributed by atoms with E-state index in [9.17, 15) is 27.2 Å². The van der Waals surface area contributed by atoms with Crippen LogP contribution < -0.4 is 16.0 Å². The normalized spacial score (nSPS) is 22.4. The number of anilines is 3. The van der Waals surface area contributed by atoms with Crippen LogP contribution in [0.1, 0.15) is 24.8 Å². The summed E-state index contributed by atoms with van der Waals surface area (Å²) < 4.78 is 54.5. The van der Waals surface area contributed by atoms with Crippen molar-refractivity contribution in [1.82, 2.24) is 19.8 Å². The fourth-order valence-corrected chi connectivity index (χ4v) is 5.29. The molecule has 38 heavy (non-hydrogen) atoms. The zero-order valence-electron chi connectivity index (χ0n) is 20.8. The van der Waals surface area contributed by atoms with Crippen molar-refractivity contribution in [2.45, 2.75) is 37.5 Å². The molecule has 1 aromatic carbocycles. The molecule has 2 aliphatic heterocycles. The summed E-state index contributed by atoms with van der Waals surface area (Å²) in [7, 11) is 3.24. The third-order valence-electron chi connectivity index (χ3n) is 6.88. The number of aromatic nitrogens is 2. The van der Waals surface area contributed by atoms with Gasteiger partial charge >= 0.3 is 6.18 Å². The Morgan fingerprint density at radius 1 is 1.18 bits per heavy atom. The van der Waals surface area contributed by atoms with Crippen molar-refractivity contribution < 1.29 is 27.2 Å². The standard InChI is InChI=1S/C24H28ClF4N7O2/c1-34(2)22(37)16-5-7-35(21-19(26)20(30)31-12-32-21)11-18(16)36-6-3-4-17(23(36)38)33-15-9-13(24(27,28)29)8-14(25)10-15/h8-10,12,16-18,33H,3-7,11H2,1-2H3,(H2,30,31,32)/t16-,17?,18-/m1/s1. The fraction of sp³-hybridized carbons (Fsp3) is 0.500. The van der Waals surface area contributed by atoms with E-state index in [0.717, 1.165) is 18.5 Å². The minimum Gasteiger partial charge on any atom is -0.381 e. The van der Waals surface area contributed by atoms with Crippen LogP contribution >= 0.6 is 11.6 Å². The molecule has 0 aliphatic carbocycles. The third kappa shape index (κ3) is 5.71. The number of alkyl halides is 3. The Morgan fingerprint density at radius 2 is 1.92 bits per heavy atom. The first-order valence-corrected chi connectivity index (χ1v) is 12.4. The number of hydrogen-bond donors (Lipinski definition) is 2. The molecule has 0 bridgehead atoms. The van der Waals surface area contributed by atoms with Crippen LogP contribution in [0.3, 0.4) is 0 Å². The number of nitrogen functional groups attached to an aromatic ring is 1. The van der Waals surface area contributed by atoms with Gasteiger partial charge in [0.15, 0.2) is 11.6 Å². The monoisotopic (exact) mass is 557 g/mol. The number of nitrogens with zero attached hydrogens (tertiary/aromatic N) is 5. The van der Waals surface area contributed by atoms with Crippen LogP contribution in [0.25, 0.3) is 0 Å². The summed E-state index contributed by atoms with van der Waals surface area (Å²) >= 11 is 5.91. The second-order valence-electron chi connectivity index (χ2n) is 9.63. The molecule has 2 saturated heterocycles. The smallest absolute Gasteiger partial charge is 0.381 e. The summed E-state index contributed by atoms with van der Waals surface area (Å²) in [6, 6.07) is 1.58. The largest absolute Gasteiger partial charge is 0.416 e. The van der Waals surface area contributed by atoms with Crippen molar-refractivity contribution in [1.29, 1.82) is 0 Å². The van der Waals surface area contributed by atoms with Crippen LogP contribution in [0.4, 0.5) is 34.9 Å². The van der Waals surface area contributed by atoms with Gasteiger partial charge in [-0.1, -0.05) is 11.6 Å². The maximum atomic E-state index is 14.7. The molecule has 2 aromatic rings. The quantitative estimate of drug-likeness (QED) is 0.543. The predicted molar refractivity (Wildman–Crippen MR) is 134 cm³/mol. The van der Waals surface area contributed by atoms with Crippen molar-refractivity contribution in [2.24, 2.45) is 5.92 Å². The lowest BCUT2D eigenvalue weighted by Crippen LogP contribution is -2.62. The Bertz CT molecular complexity index is 1210. The van der Waals surface area contributed by atoms with Crippen molar-refractivity contribution in [2.75, 3.05) is 49.7 Å². The molecule has 3 N–H and O–H groups in total. The first kappa shape index (κ1) is 27.7. The number of piperidine rings is 2. The first-order valence-electron chi connectivity index (χ1n) is 12.0. The van der Waals surface area contributed by atoms with Crippen molar-refractivity contribution >= 4 is 40.7 Å². The van der Waals surface area contributed by atoms with Gasteiger partial charge in [0.05, 0.1) is 17.5 Å². The van der Waals surface area contributed by atoms with Gasteiger partial charge in [0.2, 0.25) is 17.6 Å². The Hall–Kier alpha value is -3.35. The molecule has 9 nitrogen and oxygen atoms in total. The molecule has 4 rings (SSSR count). The van der Waals surface area contributed by atoms with E-state index in [1.54, 1.807) is 23.9 Å². The van der Waals surface area contributed by atoms with Crippen molar-refractivity contribution in [3.05, 3.63) is 40.9 Å². The van der Waals surface area contributed by atoms with Crippen LogP contribution in [0.2, 0.25) is 5.02 Å². The van der Waals surface area contributed by atoms with Crippen molar-refractivity contribution in [3.63, 3.8) is 0 Å². The van der Waals surface area contributed by atoms with E-state index in [2.05, 4.69) is 15.3 Å². The highest BCUT2D eigenvalue weighted by Crippen LogP contribution is 2.35. The van der Waals surface area contributed by atoms with Gasteiger partial charge in [0.25, 0.3) is 0 Å². The summed E-state index contributed by atoms with van der Waals surface area (Å²) in [5.74, 6) is -2.21. The summed E-state index contributed by atoms with van der Waals surface area (Å²) in [6.07, 6.45) is -2.20. The molecule has 0 spiro atoms. The van der Waals surface area contributed by atoms with E-state index in [1.807, 2.05) is 0 Å². The van der Waals surface area contributed by atoms with Crippen LogP contribution in [-0.2, 0) is 15.8 Å². The van der Waals surface area contributed by atoms with Gasteiger partial charge in [-0.05, 0) is 37.5 Å². The minimum absolute atomic E-state index is 0.0176. The number of benzene rings is 1. The lowest BCUT2D eigenvalue weighted by molar-refractivity contribution is -0.143. The number of carbonyl (C=O) groups excluding carboxylic acids is 2. The molecule has 2 fully saturated rings. The first-order chi connectivity index (χ1) is 17.9. The maximum absolute atomic E-state index is 14.7. The summed E-state index contributed by atoms with van der Waals surface area (Å²) in [4.78, 5) is 39.0. The molecule has 14 heteroatoms. The molecule has 1 unspecified atom stereocenters. The van der Waals surface area contributed by atoms with Gasteiger partial charge in [-0.25, -0.2) is 9.97 Å². The zero-order chi connectivity index (χ0) is 27.8. The van der Waals surface area contributed by atoms with Gasteiger partial charge in [0, 0.05) is 44.4 Å². The van der Waals surface area contributed by atoms with E-state index in [4.69, 9.17) is 17.3 Å². The fourth-order valence-electron chi connectivity index (χ4n) is 5.05.